The van der Waals surface area contributed by atoms with E-state index in [0.717, 1.165) is 0 Å². The minimum atomic E-state index is -0.853. The fourth-order valence-electron chi connectivity index (χ4n) is 1.18. The largest absolute Gasteiger partial charge is 0.467 e. The quantitative estimate of drug-likeness (QED) is 0.583. The predicted octanol–water partition coefficient (Wildman–Crippen LogP) is 0.779. The van der Waals surface area contributed by atoms with E-state index in [2.05, 4.69) is 10.1 Å². The van der Waals surface area contributed by atoms with Crippen molar-refractivity contribution in [1.82, 2.24) is 5.32 Å². The van der Waals surface area contributed by atoms with Crippen LogP contribution >= 0.6 is 0 Å². The maximum atomic E-state index is 11.4. The maximum absolute atomic E-state index is 11.4. The van der Waals surface area contributed by atoms with E-state index in [9.17, 15) is 9.59 Å². The molecule has 1 amide bonds. The Labute approximate surface area is 89.0 Å². The fourth-order valence-corrected chi connectivity index (χ4v) is 1.18. The van der Waals surface area contributed by atoms with Crippen LogP contribution in [0.3, 0.4) is 0 Å². The summed E-state index contributed by atoms with van der Waals surface area (Å²) in [5.74, 6) is -1.32. The number of carbonyl (C=O) groups excluding carboxylic acids is 2. The third-order valence-corrected chi connectivity index (χ3v) is 1.86. The Morgan fingerprint density at radius 3 is 2.40 bits per heavy atom. The molecule has 0 aromatic heterocycles. The minimum Gasteiger partial charge on any atom is -0.467 e. The summed E-state index contributed by atoms with van der Waals surface area (Å²) in [7, 11) is 6.22. The summed E-state index contributed by atoms with van der Waals surface area (Å²) >= 11 is 0. The first kappa shape index (κ1) is 11.3. The molecule has 4 nitrogen and oxygen atoms in total. The molecule has 0 heterocycles. The molecular weight excluding hydrogens is 193 g/mol. The molecule has 0 bridgehead atoms. The van der Waals surface area contributed by atoms with E-state index in [1.807, 2.05) is 6.07 Å². The molecule has 1 atom stereocenters. The molecule has 1 N–H and O–H groups in total. The molecule has 0 aliphatic heterocycles. The van der Waals surface area contributed by atoms with Crippen molar-refractivity contribution >= 4 is 19.6 Å². The van der Waals surface area contributed by atoms with Crippen LogP contribution in [0.25, 0.3) is 0 Å². The molecule has 0 spiro atoms. The molecule has 0 saturated heterocycles. The van der Waals surface area contributed by atoms with Gasteiger partial charge in [0.15, 0.2) is 11.8 Å². The van der Waals surface area contributed by atoms with Gasteiger partial charge in [0.2, 0.25) is 7.85 Å². The molecule has 1 rings (SSSR count). The Morgan fingerprint density at radius 1 is 1.33 bits per heavy atom. The smallest absolute Gasteiger partial charge is 0.333 e. The van der Waals surface area contributed by atoms with E-state index in [0.29, 0.717) is 5.56 Å². The predicted molar refractivity (Wildman–Crippen MR) is 55.5 cm³/mol. The summed E-state index contributed by atoms with van der Waals surface area (Å²) in [6, 6.07) is 7.88. The molecule has 76 valence electrons. The van der Waals surface area contributed by atoms with E-state index in [1.54, 1.807) is 24.3 Å². The second kappa shape index (κ2) is 5.19. The number of hydrogen-bond donors (Lipinski definition) is 1. The van der Waals surface area contributed by atoms with Crippen LogP contribution in [0.15, 0.2) is 30.3 Å². The molecule has 0 fully saturated rings. The highest BCUT2D eigenvalue weighted by atomic mass is 16.5. The van der Waals surface area contributed by atoms with E-state index < -0.39 is 17.8 Å². The zero-order valence-corrected chi connectivity index (χ0v) is 8.27. The van der Waals surface area contributed by atoms with Crippen LogP contribution in [0.1, 0.15) is 11.6 Å². The maximum Gasteiger partial charge on any atom is 0.333 e. The Kier molecular flexibility index (Phi) is 3.91. The van der Waals surface area contributed by atoms with Crippen LogP contribution in [0.5, 0.6) is 0 Å². The molecule has 15 heavy (non-hydrogen) atoms. The number of ether oxygens (including phenoxy) is 1. The van der Waals surface area contributed by atoms with Gasteiger partial charge in [-0.1, -0.05) is 30.3 Å². The van der Waals surface area contributed by atoms with Crippen molar-refractivity contribution in [2.24, 2.45) is 0 Å². The van der Waals surface area contributed by atoms with Gasteiger partial charge in [0.25, 0.3) is 0 Å². The minimum absolute atomic E-state index is 0.556. The van der Waals surface area contributed by atoms with Gasteiger partial charge in [-0.15, -0.1) is 0 Å². The third-order valence-electron chi connectivity index (χ3n) is 1.86. The van der Waals surface area contributed by atoms with Crippen molar-refractivity contribution in [3.63, 3.8) is 0 Å². The first-order valence-electron chi connectivity index (χ1n) is 4.34. The van der Waals surface area contributed by atoms with Gasteiger partial charge in [0.1, 0.15) is 0 Å². The Bertz CT molecular complexity index is 353. The van der Waals surface area contributed by atoms with Crippen molar-refractivity contribution in [2.45, 2.75) is 6.04 Å². The van der Waals surface area contributed by atoms with Crippen LogP contribution in [0, 0.1) is 0 Å². The van der Waals surface area contributed by atoms with Crippen molar-refractivity contribution in [2.75, 3.05) is 7.11 Å². The Hall–Kier alpha value is -1.78. The van der Waals surface area contributed by atoms with Gasteiger partial charge in [-0.3, -0.25) is 4.79 Å². The topological polar surface area (TPSA) is 55.4 Å². The first-order valence-corrected chi connectivity index (χ1v) is 4.34. The lowest BCUT2D eigenvalue weighted by molar-refractivity contribution is -0.142. The summed E-state index contributed by atoms with van der Waals surface area (Å²) in [6.45, 7) is 0. The lowest BCUT2D eigenvalue weighted by Gasteiger charge is -2.15. The van der Waals surface area contributed by atoms with Crippen molar-refractivity contribution < 1.29 is 14.3 Å². The summed E-state index contributed by atoms with van der Waals surface area (Å²) in [5, 5.41) is 2.31. The summed E-state index contributed by atoms with van der Waals surface area (Å²) < 4.78 is 4.56. The molecule has 5 heteroatoms. The lowest BCUT2D eigenvalue weighted by atomic mass is 10.0. The average Bonchev–Trinajstić information content (AvgIpc) is 2.26. The SMILES string of the molecule is [B]C(=O)NC(C(=O)OC)c1ccccc1. The summed E-state index contributed by atoms with van der Waals surface area (Å²) in [4.78, 5) is 22.1. The number of nitrogens with one attached hydrogen (secondary N) is 1. The van der Waals surface area contributed by atoms with Gasteiger partial charge in [-0.05, 0) is 5.56 Å². The van der Waals surface area contributed by atoms with Gasteiger partial charge < -0.3 is 10.1 Å². The van der Waals surface area contributed by atoms with E-state index in [1.165, 1.54) is 7.11 Å². The summed E-state index contributed by atoms with van der Waals surface area (Å²) in [5.41, 5.74) is 0.628. The van der Waals surface area contributed by atoms with E-state index in [-0.39, 0.29) is 0 Å². The molecule has 1 unspecified atom stereocenters. The standard InChI is InChI=1S/C10H10BNO3/c1-15-9(13)8(12-10(11)14)7-5-3-2-4-6-7/h2-6,8H,1H3,(H,12,14). The zero-order valence-electron chi connectivity index (χ0n) is 8.27. The van der Waals surface area contributed by atoms with Gasteiger partial charge >= 0.3 is 5.97 Å². The number of benzene rings is 1. The summed E-state index contributed by atoms with van der Waals surface area (Å²) in [6.07, 6.45) is 0. The van der Waals surface area contributed by atoms with Gasteiger partial charge in [-0.25, -0.2) is 4.79 Å². The van der Waals surface area contributed by atoms with Crippen molar-refractivity contribution in [3.8, 4) is 0 Å². The fraction of sp³-hybridized carbons (Fsp3) is 0.200. The molecule has 0 aliphatic carbocycles. The zero-order chi connectivity index (χ0) is 11.3. The highest BCUT2D eigenvalue weighted by molar-refractivity contribution is 6.57. The number of esters is 1. The van der Waals surface area contributed by atoms with Crippen LogP contribution in [0.4, 0.5) is 4.79 Å². The molecular formula is C10H10BNO3. The van der Waals surface area contributed by atoms with Crippen molar-refractivity contribution in [3.05, 3.63) is 35.9 Å². The molecule has 1 aromatic carbocycles. The highest BCUT2D eigenvalue weighted by Gasteiger charge is 2.21. The highest BCUT2D eigenvalue weighted by Crippen LogP contribution is 2.13. The van der Waals surface area contributed by atoms with Crippen LogP contribution in [-0.2, 0) is 9.53 Å². The van der Waals surface area contributed by atoms with E-state index in [4.69, 9.17) is 7.85 Å². The van der Waals surface area contributed by atoms with Crippen molar-refractivity contribution in [1.29, 1.82) is 0 Å². The second-order valence-corrected chi connectivity index (χ2v) is 2.88. The number of carbonyl (C=O) groups is 2. The number of hydrogen-bond acceptors (Lipinski definition) is 3. The van der Waals surface area contributed by atoms with Crippen LogP contribution in [0.2, 0.25) is 0 Å². The second-order valence-electron chi connectivity index (χ2n) is 2.88. The van der Waals surface area contributed by atoms with Crippen LogP contribution < -0.4 is 5.32 Å². The monoisotopic (exact) mass is 203 g/mol. The molecule has 1 aromatic rings. The molecule has 0 aliphatic rings. The normalized spacial score (nSPS) is 11.5. The Morgan fingerprint density at radius 2 is 1.93 bits per heavy atom. The van der Waals surface area contributed by atoms with E-state index >= 15 is 0 Å². The molecule has 0 saturated carbocycles. The third kappa shape index (κ3) is 3.12. The molecule has 2 radical (unpaired) electrons. The average molecular weight is 203 g/mol. The number of amides is 1. The Balaban J connectivity index is 2.91. The van der Waals surface area contributed by atoms with Gasteiger partial charge in [-0.2, -0.15) is 0 Å². The van der Waals surface area contributed by atoms with Gasteiger partial charge in [0, 0.05) is 0 Å². The first-order chi connectivity index (χ1) is 7.15. The van der Waals surface area contributed by atoms with Gasteiger partial charge in [0.05, 0.1) is 7.11 Å². The lowest BCUT2D eigenvalue weighted by Crippen LogP contribution is -2.33. The number of rotatable bonds is 3. The van der Waals surface area contributed by atoms with Crippen LogP contribution in [-0.4, -0.2) is 26.7 Å². The number of methoxy groups -OCH3 is 1.